The number of ether oxygens (including phenoxy) is 1. The number of hydrogen-bond acceptors (Lipinski definition) is 4. The van der Waals surface area contributed by atoms with Gasteiger partial charge in [0.25, 0.3) is 0 Å². The monoisotopic (exact) mass is 323 g/mol. The Hall–Kier alpha value is -1.57. The molecule has 0 fully saturated rings. The highest BCUT2D eigenvalue weighted by Crippen LogP contribution is 2.35. The van der Waals surface area contributed by atoms with Gasteiger partial charge in [0.2, 0.25) is 0 Å². The largest absolute Gasteiger partial charge is 0.471 e. The molecule has 1 rings (SSSR count). The van der Waals surface area contributed by atoms with Gasteiger partial charge >= 0.3 is 18.1 Å². The minimum atomic E-state index is -5.01. The smallest absolute Gasteiger partial charge is 0.459 e. The van der Waals surface area contributed by atoms with Gasteiger partial charge in [-0.1, -0.05) is 6.92 Å². The van der Waals surface area contributed by atoms with Gasteiger partial charge < -0.3 is 10.1 Å². The zero-order valence-electron chi connectivity index (χ0n) is 12.1. The van der Waals surface area contributed by atoms with Crippen LogP contribution in [-0.4, -0.2) is 24.2 Å². The van der Waals surface area contributed by atoms with Crippen molar-refractivity contribution in [2.75, 3.05) is 5.32 Å². The second kappa shape index (κ2) is 6.46. The van der Waals surface area contributed by atoms with Crippen molar-refractivity contribution in [3.05, 3.63) is 16.0 Å². The second-order valence-corrected chi connectivity index (χ2v) is 5.83. The Bertz CT molecular complexity index is 550. The lowest BCUT2D eigenvalue weighted by Gasteiger charge is -2.11. The van der Waals surface area contributed by atoms with Crippen LogP contribution in [0, 0.1) is 6.92 Å². The molecule has 21 heavy (non-hydrogen) atoms. The summed E-state index contributed by atoms with van der Waals surface area (Å²) < 4.78 is 42.1. The van der Waals surface area contributed by atoms with E-state index in [0.717, 1.165) is 11.3 Å². The molecule has 1 N–H and O–H groups in total. The fourth-order valence-electron chi connectivity index (χ4n) is 1.76. The van der Waals surface area contributed by atoms with E-state index in [2.05, 4.69) is 0 Å². The van der Waals surface area contributed by atoms with Crippen molar-refractivity contribution in [1.29, 1.82) is 0 Å². The maximum Gasteiger partial charge on any atom is 0.471 e. The fourth-order valence-corrected chi connectivity index (χ4v) is 2.88. The Labute approximate surface area is 124 Å². The molecule has 0 aromatic carbocycles. The van der Waals surface area contributed by atoms with Crippen LogP contribution in [0.5, 0.6) is 0 Å². The first kappa shape index (κ1) is 17.5. The van der Waals surface area contributed by atoms with Crippen LogP contribution in [-0.2, 0) is 16.0 Å². The summed E-state index contributed by atoms with van der Waals surface area (Å²) in [6.07, 6.45) is -4.97. The van der Waals surface area contributed by atoms with Crippen molar-refractivity contribution >= 4 is 28.2 Å². The minimum Gasteiger partial charge on any atom is -0.459 e. The molecule has 4 nitrogen and oxygen atoms in total. The number of thiophene rings is 1. The molecular weight excluding hydrogens is 307 g/mol. The summed E-state index contributed by atoms with van der Waals surface area (Å²) in [7, 11) is 0. The van der Waals surface area contributed by atoms with Crippen LogP contribution in [0.25, 0.3) is 0 Å². The molecule has 0 saturated carbocycles. The Kier molecular flexibility index (Phi) is 5.38. The first-order valence-electron chi connectivity index (χ1n) is 6.29. The quantitative estimate of drug-likeness (QED) is 0.860. The number of nitrogens with one attached hydrogen (secondary N) is 1. The highest BCUT2D eigenvalue weighted by atomic mass is 32.1. The molecule has 0 aliphatic rings. The molecular formula is C13H16F3NO3S. The molecule has 0 aliphatic heterocycles. The van der Waals surface area contributed by atoms with E-state index in [1.54, 1.807) is 33.0 Å². The van der Waals surface area contributed by atoms with Gasteiger partial charge in [-0.25, -0.2) is 4.79 Å². The predicted molar refractivity (Wildman–Crippen MR) is 73.7 cm³/mol. The van der Waals surface area contributed by atoms with Crippen LogP contribution in [0.2, 0.25) is 0 Å². The summed E-state index contributed by atoms with van der Waals surface area (Å²) in [6.45, 7) is 6.73. The average molecular weight is 323 g/mol. The van der Waals surface area contributed by atoms with Gasteiger partial charge in [0.05, 0.1) is 11.7 Å². The maximum absolute atomic E-state index is 12.3. The lowest BCUT2D eigenvalue weighted by Crippen LogP contribution is -2.30. The summed E-state index contributed by atoms with van der Waals surface area (Å²) in [5, 5.41) is 1.63. The minimum absolute atomic E-state index is 0.00583. The predicted octanol–water partition coefficient (Wildman–Crippen LogP) is 3.68. The van der Waals surface area contributed by atoms with Gasteiger partial charge in [-0.2, -0.15) is 13.2 Å². The number of esters is 1. The second-order valence-electron chi connectivity index (χ2n) is 4.60. The highest BCUT2D eigenvalue weighted by Gasteiger charge is 2.40. The van der Waals surface area contributed by atoms with Gasteiger partial charge in [-0.3, -0.25) is 4.79 Å². The average Bonchev–Trinajstić information content (AvgIpc) is 2.62. The molecule has 1 aromatic rings. The molecule has 1 heterocycles. The standard InChI is InChI=1S/C13H16F3NO3S/c1-5-8-7(4)21-10(17-12(19)13(14,15)16)9(8)11(18)20-6(2)3/h6H,5H2,1-4H3,(H,17,19). The van der Waals surface area contributed by atoms with Crippen molar-refractivity contribution < 1.29 is 27.5 Å². The molecule has 0 radical (unpaired) electrons. The summed E-state index contributed by atoms with van der Waals surface area (Å²) >= 11 is 0.933. The summed E-state index contributed by atoms with van der Waals surface area (Å²) in [6, 6.07) is 0. The third-order valence-corrected chi connectivity index (χ3v) is 3.66. The first-order chi connectivity index (χ1) is 9.57. The fraction of sp³-hybridized carbons (Fsp3) is 0.538. The number of halogens is 3. The number of alkyl halides is 3. The zero-order valence-corrected chi connectivity index (χ0v) is 12.9. The van der Waals surface area contributed by atoms with Crippen LogP contribution >= 0.6 is 11.3 Å². The lowest BCUT2D eigenvalue weighted by molar-refractivity contribution is -0.167. The van der Waals surface area contributed by atoms with Crippen LogP contribution < -0.4 is 5.32 Å². The molecule has 0 bridgehead atoms. The number of amides is 1. The number of rotatable bonds is 4. The van der Waals surface area contributed by atoms with Crippen molar-refractivity contribution in [2.24, 2.45) is 0 Å². The SMILES string of the molecule is CCc1c(C)sc(NC(=O)C(F)(F)F)c1C(=O)OC(C)C. The zero-order chi connectivity index (χ0) is 16.4. The van der Waals surface area contributed by atoms with Gasteiger partial charge in [0, 0.05) is 4.88 Å². The molecule has 118 valence electrons. The van der Waals surface area contributed by atoms with E-state index >= 15 is 0 Å². The van der Waals surface area contributed by atoms with Crippen molar-refractivity contribution in [1.82, 2.24) is 0 Å². The van der Waals surface area contributed by atoms with Crippen LogP contribution in [0.1, 0.15) is 41.6 Å². The normalized spacial score (nSPS) is 11.6. The van der Waals surface area contributed by atoms with Gasteiger partial charge in [0.1, 0.15) is 5.00 Å². The van der Waals surface area contributed by atoms with Crippen molar-refractivity contribution in [3.8, 4) is 0 Å². The molecule has 0 spiro atoms. The number of aryl methyl sites for hydroxylation is 1. The molecule has 0 saturated heterocycles. The van der Waals surface area contributed by atoms with Crippen molar-refractivity contribution in [2.45, 2.75) is 46.4 Å². The number of carbonyl (C=O) groups is 2. The van der Waals surface area contributed by atoms with E-state index in [4.69, 9.17) is 4.74 Å². The third kappa shape index (κ3) is 4.20. The topological polar surface area (TPSA) is 55.4 Å². The summed E-state index contributed by atoms with van der Waals surface area (Å²) in [4.78, 5) is 23.8. The number of hydrogen-bond donors (Lipinski definition) is 1. The Morgan fingerprint density at radius 2 is 1.90 bits per heavy atom. The van der Waals surface area contributed by atoms with Gasteiger partial charge in [-0.15, -0.1) is 11.3 Å². The van der Waals surface area contributed by atoms with E-state index in [1.165, 1.54) is 0 Å². The Balaban J connectivity index is 3.21. The highest BCUT2D eigenvalue weighted by molar-refractivity contribution is 7.16. The lowest BCUT2D eigenvalue weighted by atomic mass is 10.1. The van der Waals surface area contributed by atoms with E-state index in [1.807, 2.05) is 0 Å². The maximum atomic E-state index is 12.3. The van der Waals surface area contributed by atoms with Gasteiger partial charge in [-0.05, 0) is 32.8 Å². The first-order valence-corrected chi connectivity index (χ1v) is 7.11. The summed E-state index contributed by atoms with van der Waals surface area (Å²) in [5.41, 5.74) is 0.592. The van der Waals surface area contributed by atoms with Crippen molar-refractivity contribution in [3.63, 3.8) is 0 Å². The van der Waals surface area contributed by atoms with Gasteiger partial charge in [0.15, 0.2) is 0 Å². The molecule has 0 aliphatic carbocycles. The van der Waals surface area contributed by atoms with Crippen LogP contribution in [0.15, 0.2) is 0 Å². The molecule has 1 aromatic heterocycles. The van der Waals surface area contributed by atoms with E-state index in [9.17, 15) is 22.8 Å². The van der Waals surface area contributed by atoms with Crippen LogP contribution in [0.3, 0.4) is 0 Å². The van der Waals surface area contributed by atoms with E-state index in [0.29, 0.717) is 16.9 Å². The molecule has 0 unspecified atom stereocenters. The number of carbonyl (C=O) groups excluding carboxylic acids is 2. The molecule has 8 heteroatoms. The third-order valence-electron chi connectivity index (χ3n) is 2.59. The van der Waals surface area contributed by atoms with E-state index < -0.39 is 24.2 Å². The van der Waals surface area contributed by atoms with Crippen LogP contribution in [0.4, 0.5) is 18.2 Å². The Morgan fingerprint density at radius 1 is 1.33 bits per heavy atom. The summed E-state index contributed by atoms with van der Waals surface area (Å²) in [5.74, 6) is -2.84. The molecule has 1 amide bonds. The Morgan fingerprint density at radius 3 is 2.33 bits per heavy atom. The molecule has 0 atom stereocenters. The number of anilines is 1. The van der Waals surface area contributed by atoms with E-state index in [-0.39, 0.29) is 10.6 Å².